The number of halogens is 2. The number of hydrogen-bond donors (Lipinski definition) is 1. The second-order valence-electron chi connectivity index (χ2n) is 4.28. The van der Waals surface area contributed by atoms with Crippen LogP contribution in [0.5, 0.6) is 5.75 Å². The molecule has 16 heavy (non-hydrogen) atoms. The van der Waals surface area contributed by atoms with Crippen LogP contribution in [0.1, 0.15) is 24.8 Å². The van der Waals surface area contributed by atoms with Crippen LogP contribution in [0.2, 0.25) is 5.02 Å². The monoisotopic (exact) mass is 243 g/mol. The molecule has 1 saturated carbocycles. The van der Waals surface area contributed by atoms with E-state index in [2.05, 4.69) is 0 Å². The SMILES string of the molecule is COc1c(Cl)ccc(F)c1C1(CN)CCC1. The predicted octanol–water partition coefficient (Wildman–Crippen LogP) is 2.87. The maximum atomic E-state index is 13.9. The molecule has 2 nitrogen and oxygen atoms in total. The summed E-state index contributed by atoms with van der Waals surface area (Å²) >= 11 is 6.01. The van der Waals surface area contributed by atoms with Gasteiger partial charge in [-0.2, -0.15) is 0 Å². The van der Waals surface area contributed by atoms with Gasteiger partial charge in [0.25, 0.3) is 0 Å². The van der Waals surface area contributed by atoms with Crippen molar-refractivity contribution in [2.75, 3.05) is 13.7 Å². The normalized spacial score (nSPS) is 18.0. The van der Waals surface area contributed by atoms with Crippen molar-refractivity contribution in [3.63, 3.8) is 0 Å². The second kappa shape index (κ2) is 4.22. The minimum Gasteiger partial charge on any atom is -0.495 e. The van der Waals surface area contributed by atoms with Crippen molar-refractivity contribution in [2.45, 2.75) is 24.7 Å². The molecule has 0 aliphatic heterocycles. The van der Waals surface area contributed by atoms with Crippen molar-refractivity contribution in [1.82, 2.24) is 0 Å². The third-order valence-corrected chi connectivity index (χ3v) is 3.79. The van der Waals surface area contributed by atoms with Gasteiger partial charge in [0, 0.05) is 17.5 Å². The van der Waals surface area contributed by atoms with Crippen molar-refractivity contribution in [1.29, 1.82) is 0 Å². The average Bonchev–Trinajstić information content (AvgIpc) is 2.22. The molecule has 1 aromatic carbocycles. The first-order valence-electron chi connectivity index (χ1n) is 5.37. The van der Waals surface area contributed by atoms with E-state index in [1.165, 1.54) is 19.2 Å². The lowest BCUT2D eigenvalue weighted by Gasteiger charge is -2.42. The standard InChI is InChI=1S/C12H15ClFNO/c1-16-11-8(13)3-4-9(14)10(11)12(7-15)5-2-6-12/h3-4H,2,5-7,15H2,1H3. The van der Waals surface area contributed by atoms with Crippen molar-refractivity contribution in [3.05, 3.63) is 28.5 Å². The molecule has 4 heteroatoms. The molecule has 0 bridgehead atoms. The van der Waals surface area contributed by atoms with Gasteiger partial charge >= 0.3 is 0 Å². The van der Waals surface area contributed by atoms with Crippen molar-refractivity contribution in [2.24, 2.45) is 5.73 Å². The highest BCUT2D eigenvalue weighted by Crippen LogP contribution is 2.49. The summed E-state index contributed by atoms with van der Waals surface area (Å²) < 4.78 is 19.1. The average molecular weight is 244 g/mol. The fourth-order valence-corrected chi connectivity index (χ4v) is 2.62. The lowest BCUT2D eigenvalue weighted by molar-refractivity contribution is 0.234. The van der Waals surface area contributed by atoms with Gasteiger partial charge in [0.15, 0.2) is 0 Å². The van der Waals surface area contributed by atoms with E-state index in [1.807, 2.05) is 0 Å². The number of nitrogens with two attached hydrogens (primary N) is 1. The van der Waals surface area contributed by atoms with Crippen LogP contribution in [0.4, 0.5) is 4.39 Å². The van der Waals surface area contributed by atoms with E-state index in [0.717, 1.165) is 19.3 Å². The summed E-state index contributed by atoms with van der Waals surface area (Å²) in [5.41, 5.74) is 6.05. The molecule has 0 radical (unpaired) electrons. The van der Waals surface area contributed by atoms with Gasteiger partial charge in [-0.15, -0.1) is 0 Å². The first kappa shape index (κ1) is 11.7. The molecular formula is C12H15ClFNO. The molecule has 0 saturated heterocycles. The van der Waals surface area contributed by atoms with Crippen LogP contribution in [0.3, 0.4) is 0 Å². The van der Waals surface area contributed by atoms with Gasteiger partial charge in [0.1, 0.15) is 11.6 Å². The van der Waals surface area contributed by atoms with Crippen molar-refractivity contribution < 1.29 is 9.13 Å². The van der Waals surface area contributed by atoms with Gasteiger partial charge in [0.05, 0.1) is 12.1 Å². The topological polar surface area (TPSA) is 35.2 Å². The fourth-order valence-electron chi connectivity index (χ4n) is 2.39. The highest BCUT2D eigenvalue weighted by atomic mass is 35.5. The highest BCUT2D eigenvalue weighted by Gasteiger charge is 2.42. The fraction of sp³-hybridized carbons (Fsp3) is 0.500. The summed E-state index contributed by atoms with van der Waals surface area (Å²) in [6.07, 6.45) is 2.88. The molecule has 0 amide bonds. The summed E-state index contributed by atoms with van der Waals surface area (Å²) in [5, 5.41) is 0.443. The predicted molar refractivity (Wildman–Crippen MR) is 62.5 cm³/mol. The lowest BCUT2D eigenvalue weighted by atomic mass is 9.64. The van der Waals surface area contributed by atoms with E-state index in [9.17, 15) is 4.39 Å². The molecule has 2 N–H and O–H groups in total. The smallest absolute Gasteiger partial charge is 0.144 e. The van der Waals surface area contributed by atoms with E-state index in [0.29, 0.717) is 22.9 Å². The Morgan fingerprint density at radius 3 is 2.62 bits per heavy atom. The third-order valence-electron chi connectivity index (χ3n) is 3.49. The summed E-state index contributed by atoms with van der Waals surface area (Å²) in [5.74, 6) is 0.165. The molecule has 0 spiro atoms. The van der Waals surface area contributed by atoms with Crippen LogP contribution in [0.25, 0.3) is 0 Å². The summed E-state index contributed by atoms with van der Waals surface area (Å²) in [6.45, 7) is 0.431. The van der Waals surface area contributed by atoms with Gasteiger partial charge in [-0.25, -0.2) is 4.39 Å². The molecule has 1 aromatic rings. The Morgan fingerprint density at radius 2 is 2.19 bits per heavy atom. The van der Waals surface area contributed by atoms with E-state index in [4.69, 9.17) is 22.1 Å². The maximum Gasteiger partial charge on any atom is 0.144 e. The Labute approximate surface area is 99.5 Å². The first-order chi connectivity index (χ1) is 7.64. The van der Waals surface area contributed by atoms with Crippen LogP contribution in [-0.2, 0) is 5.41 Å². The summed E-state index contributed by atoms with van der Waals surface area (Å²) in [6, 6.07) is 2.90. The van der Waals surface area contributed by atoms with Crippen LogP contribution in [0.15, 0.2) is 12.1 Å². The maximum absolute atomic E-state index is 13.9. The Bertz CT molecular complexity index is 399. The number of rotatable bonds is 3. The van der Waals surface area contributed by atoms with Crippen LogP contribution >= 0.6 is 11.6 Å². The number of benzene rings is 1. The molecule has 0 heterocycles. The Hall–Kier alpha value is -0.800. The van der Waals surface area contributed by atoms with E-state index < -0.39 is 0 Å². The van der Waals surface area contributed by atoms with Crippen LogP contribution in [-0.4, -0.2) is 13.7 Å². The van der Waals surface area contributed by atoms with E-state index in [1.54, 1.807) is 0 Å². The molecular weight excluding hydrogens is 229 g/mol. The first-order valence-corrected chi connectivity index (χ1v) is 5.75. The van der Waals surface area contributed by atoms with Crippen molar-refractivity contribution >= 4 is 11.6 Å². The molecule has 1 aliphatic carbocycles. The molecule has 1 fully saturated rings. The molecule has 0 atom stereocenters. The largest absolute Gasteiger partial charge is 0.495 e. The van der Waals surface area contributed by atoms with Gasteiger partial charge in [0.2, 0.25) is 0 Å². The molecule has 88 valence electrons. The van der Waals surface area contributed by atoms with Crippen LogP contribution in [0, 0.1) is 5.82 Å². The minimum absolute atomic E-state index is 0.272. The Morgan fingerprint density at radius 1 is 1.50 bits per heavy atom. The molecule has 0 unspecified atom stereocenters. The minimum atomic E-state index is -0.277. The quantitative estimate of drug-likeness (QED) is 0.886. The second-order valence-corrected chi connectivity index (χ2v) is 4.68. The molecule has 0 aromatic heterocycles. The van der Waals surface area contributed by atoms with Gasteiger partial charge in [-0.1, -0.05) is 18.0 Å². The van der Waals surface area contributed by atoms with Crippen molar-refractivity contribution in [3.8, 4) is 5.75 Å². The zero-order chi connectivity index (χ0) is 11.8. The van der Waals surface area contributed by atoms with Gasteiger partial charge in [-0.3, -0.25) is 0 Å². The highest BCUT2D eigenvalue weighted by molar-refractivity contribution is 6.32. The number of methoxy groups -OCH3 is 1. The summed E-state index contributed by atoms with van der Waals surface area (Å²) in [4.78, 5) is 0. The molecule has 2 rings (SSSR count). The lowest BCUT2D eigenvalue weighted by Crippen LogP contribution is -2.42. The summed E-state index contributed by atoms with van der Waals surface area (Å²) in [7, 11) is 1.51. The van der Waals surface area contributed by atoms with Gasteiger partial charge in [-0.05, 0) is 25.0 Å². The van der Waals surface area contributed by atoms with Crippen LogP contribution < -0.4 is 10.5 Å². The van der Waals surface area contributed by atoms with Gasteiger partial charge < -0.3 is 10.5 Å². The van der Waals surface area contributed by atoms with E-state index >= 15 is 0 Å². The van der Waals surface area contributed by atoms with E-state index in [-0.39, 0.29) is 11.2 Å². The number of ether oxygens (including phenoxy) is 1. The zero-order valence-electron chi connectivity index (χ0n) is 9.22. The number of hydrogen-bond acceptors (Lipinski definition) is 2. The zero-order valence-corrected chi connectivity index (χ0v) is 9.98. The Kier molecular flexibility index (Phi) is 3.08. The molecule has 1 aliphatic rings. The Balaban J connectivity index is 2.57. The third kappa shape index (κ3) is 1.59.